The van der Waals surface area contributed by atoms with Gasteiger partial charge in [0.1, 0.15) is 0 Å². The van der Waals surface area contributed by atoms with Crippen molar-refractivity contribution >= 4 is 18.3 Å². The smallest absolute Gasteiger partial charge is 0.224 e. The van der Waals surface area contributed by atoms with Crippen molar-refractivity contribution in [1.82, 2.24) is 10.2 Å². The monoisotopic (exact) mass is 400 g/mol. The summed E-state index contributed by atoms with van der Waals surface area (Å²) >= 11 is 0. The van der Waals surface area contributed by atoms with Crippen LogP contribution in [-0.2, 0) is 16.1 Å². The zero-order chi connectivity index (χ0) is 18.8. The maximum Gasteiger partial charge on any atom is 0.224 e. The number of amides is 1. The van der Waals surface area contributed by atoms with Crippen LogP contribution in [0.5, 0.6) is 11.5 Å². The number of nitrogens with zero attached hydrogens (tertiary/aromatic N) is 1. The topological polar surface area (TPSA) is 60.0 Å². The maximum absolute atomic E-state index is 12.7. The van der Waals surface area contributed by atoms with Gasteiger partial charge in [-0.2, -0.15) is 0 Å². The maximum atomic E-state index is 12.7. The summed E-state index contributed by atoms with van der Waals surface area (Å²) in [5, 5.41) is 3.35. The molecule has 0 aromatic heterocycles. The molecule has 1 aliphatic rings. The molecule has 0 aliphatic carbocycles. The average Bonchev–Trinajstić information content (AvgIpc) is 2.67. The number of hydrogen-bond acceptors (Lipinski definition) is 5. The van der Waals surface area contributed by atoms with Gasteiger partial charge in [-0.25, -0.2) is 0 Å². The third kappa shape index (κ3) is 7.56. The third-order valence-electron chi connectivity index (χ3n) is 4.33. The summed E-state index contributed by atoms with van der Waals surface area (Å²) in [6.07, 6.45) is 2.34. The fourth-order valence-corrected chi connectivity index (χ4v) is 3.01. The van der Waals surface area contributed by atoms with Crippen LogP contribution >= 0.6 is 12.4 Å². The van der Waals surface area contributed by atoms with Gasteiger partial charge in [0.15, 0.2) is 11.5 Å². The summed E-state index contributed by atoms with van der Waals surface area (Å²) in [5.41, 5.74) is 1.04. The number of halogens is 1. The highest BCUT2D eigenvalue weighted by Crippen LogP contribution is 2.28. The van der Waals surface area contributed by atoms with Crippen LogP contribution in [0.15, 0.2) is 18.2 Å². The Bertz CT molecular complexity index is 565. The van der Waals surface area contributed by atoms with Crippen molar-refractivity contribution in [3.05, 3.63) is 23.8 Å². The first-order valence-corrected chi connectivity index (χ1v) is 9.56. The van der Waals surface area contributed by atoms with Crippen molar-refractivity contribution in [3.8, 4) is 11.5 Å². The first-order valence-electron chi connectivity index (χ1n) is 9.56. The molecule has 1 aromatic carbocycles. The van der Waals surface area contributed by atoms with Crippen LogP contribution in [0.4, 0.5) is 0 Å². The molecule has 0 bridgehead atoms. The highest BCUT2D eigenvalue weighted by molar-refractivity contribution is 5.85. The van der Waals surface area contributed by atoms with Gasteiger partial charge in [0.05, 0.1) is 26.9 Å². The molecule has 1 heterocycles. The van der Waals surface area contributed by atoms with Crippen LogP contribution in [0.3, 0.4) is 0 Å². The molecule has 27 heavy (non-hydrogen) atoms. The molecule has 1 amide bonds. The van der Waals surface area contributed by atoms with E-state index in [-0.39, 0.29) is 24.4 Å². The summed E-state index contributed by atoms with van der Waals surface area (Å²) < 4.78 is 16.6. The van der Waals surface area contributed by atoms with Crippen LogP contribution in [0.25, 0.3) is 0 Å². The molecule has 0 saturated carbocycles. The Kier molecular flexibility index (Phi) is 11.2. The van der Waals surface area contributed by atoms with E-state index in [1.54, 1.807) is 7.11 Å². The number of ether oxygens (including phenoxy) is 3. The first kappa shape index (κ1) is 23.5. The lowest BCUT2D eigenvalue weighted by atomic mass is 10.1. The number of hydrogen-bond donors (Lipinski definition) is 1. The molecule has 1 aromatic rings. The van der Waals surface area contributed by atoms with E-state index in [0.29, 0.717) is 31.9 Å². The molecule has 154 valence electrons. The van der Waals surface area contributed by atoms with Gasteiger partial charge in [0.25, 0.3) is 0 Å². The number of nitrogens with one attached hydrogen (secondary N) is 1. The van der Waals surface area contributed by atoms with E-state index in [4.69, 9.17) is 14.2 Å². The van der Waals surface area contributed by atoms with Gasteiger partial charge in [-0.05, 0) is 30.5 Å². The van der Waals surface area contributed by atoms with E-state index in [1.165, 1.54) is 0 Å². The summed E-state index contributed by atoms with van der Waals surface area (Å²) in [6, 6.07) is 6.00. The zero-order valence-electron chi connectivity index (χ0n) is 16.7. The van der Waals surface area contributed by atoms with Gasteiger partial charge in [-0.15, -0.1) is 12.4 Å². The van der Waals surface area contributed by atoms with Gasteiger partial charge in [0, 0.05) is 32.1 Å². The lowest BCUT2D eigenvalue weighted by Gasteiger charge is -2.28. The number of benzene rings is 1. The molecule has 1 aliphatic heterocycles. The normalized spacial score (nSPS) is 16.3. The molecule has 1 unspecified atom stereocenters. The minimum Gasteiger partial charge on any atom is -0.493 e. The number of carbonyl (C=O) groups excluding carboxylic acids is 1. The molecular weight excluding hydrogens is 368 g/mol. The van der Waals surface area contributed by atoms with Gasteiger partial charge in [-0.3, -0.25) is 4.79 Å². The molecule has 0 radical (unpaired) electrons. The molecule has 2 rings (SSSR count). The quantitative estimate of drug-likeness (QED) is 0.654. The molecule has 6 nitrogen and oxygen atoms in total. The van der Waals surface area contributed by atoms with Crippen molar-refractivity contribution in [1.29, 1.82) is 0 Å². The Balaban J connectivity index is 0.00000364. The van der Waals surface area contributed by atoms with Crippen molar-refractivity contribution < 1.29 is 19.0 Å². The van der Waals surface area contributed by atoms with Crippen LogP contribution < -0.4 is 14.8 Å². The molecule has 7 heteroatoms. The molecule has 1 atom stereocenters. The van der Waals surface area contributed by atoms with Gasteiger partial charge < -0.3 is 24.4 Å². The third-order valence-corrected chi connectivity index (χ3v) is 4.33. The predicted molar refractivity (Wildman–Crippen MR) is 109 cm³/mol. The predicted octanol–water partition coefficient (Wildman–Crippen LogP) is 3.02. The van der Waals surface area contributed by atoms with Crippen molar-refractivity contribution in [2.45, 2.75) is 45.7 Å². The van der Waals surface area contributed by atoms with Crippen LogP contribution in [0, 0.1) is 0 Å². The molecule has 1 N–H and O–H groups in total. The molecule has 1 fully saturated rings. The van der Waals surface area contributed by atoms with E-state index in [1.807, 2.05) is 23.1 Å². The van der Waals surface area contributed by atoms with E-state index < -0.39 is 0 Å². The number of methoxy groups -OCH3 is 1. The second-order valence-electron chi connectivity index (χ2n) is 6.58. The molecular formula is C20H33ClN2O4. The summed E-state index contributed by atoms with van der Waals surface area (Å²) in [4.78, 5) is 14.7. The first-order chi connectivity index (χ1) is 12.7. The Morgan fingerprint density at radius 3 is 2.74 bits per heavy atom. The highest BCUT2D eigenvalue weighted by Gasteiger charge is 2.21. The molecule has 0 spiro atoms. The van der Waals surface area contributed by atoms with Crippen molar-refractivity contribution in [3.63, 3.8) is 0 Å². The van der Waals surface area contributed by atoms with E-state index in [2.05, 4.69) is 19.2 Å². The van der Waals surface area contributed by atoms with Gasteiger partial charge in [0.2, 0.25) is 5.91 Å². The number of carbonyl (C=O) groups is 1. The Hall–Kier alpha value is -1.50. The second kappa shape index (κ2) is 12.8. The Morgan fingerprint density at radius 1 is 1.30 bits per heavy atom. The largest absolute Gasteiger partial charge is 0.493 e. The fraction of sp³-hybridized carbons (Fsp3) is 0.650. The van der Waals surface area contributed by atoms with E-state index in [9.17, 15) is 4.79 Å². The Labute approximate surface area is 168 Å². The van der Waals surface area contributed by atoms with Crippen molar-refractivity contribution in [2.24, 2.45) is 0 Å². The standard InChI is InChI=1S/C20H32N2O4.ClH/c1-4-9-22(20(23)13-17-15-25-11-8-21-17)14-16-6-7-18(26-10-5-2)19(12-16)24-3;/h6-7,12,17,21H,4-5,8-11,13-15H2,1-3H3;1H. The number of rotatable bonds is 10. The highest BCUT2D eigenvalue weighted by atomic mass is 35.5. The second-order valence-corrected chi connectivity index (χ2v) is 6.58. The molecule has 1 saturated heterocycles. The fourth-order valence-electron chi connectivity index (χ4n) is 3.01. The van der Waals surface area contributed by atoms with E-state index in [0.717, 1.165) is 43.9 Å². The minimum absolute atomic E-state index is 0. The van der Waals surface area contributed by atoms with Crippen molar-refractivity contribution in [2.75, 3.05) is 40.0 Å². The zero-order valence-corrected chi connectivity index (χ0v) is 17.5. The average molecular weight is 401 g/mol. The minimum atomic E-state index is 0. The van der Waals surface area contributed by atoms with E-state index >= 15 is 0 Å². The van der Waals surface area contributed by atoms with Crippen LogP contribution in [0.1, 0.15) is 38.7 Å². The lowest BCUT2D eigenvalue weighted by Crippen LogP contribution is -2.45. The lowest BCUT2D eigenvalue weighted by molar-refractivity contribution is -0.133. The Morgan fingerprint density at radius 2 is 2.11 bits per heavy atom. The summed E-state index contributed by atoms with van der Waals surface area (Å²) in [7, 11) is 1.64. The van der Waals surface area contributed by atoms with Crippen LogP contribution in [0.2, 0.25) is 0 Å². The number of morpholine rings is 1. The summed E-state index contributed by atoms with van der Waals surface area (Å²) in [6.45, 7) is 8.26. The van der Waals surface area contributed by atoms with Gasteiger partial charge in [-0.1, -0.05) is 19.9 Å². The van der Waals surface area contributed by atoms with Crippen LogP contribution in [-0.4, -0.2) is 56.9 Å². The SMILES string of the molecule is CCCOc1ccc(CN(CCC)C(=O)CC2COCCN2)cc1OC.Cl. The van der Waals surface area contributed by atoms with Gasteiger partial charge >= 0.3 is 0 Å². The summed E-state index contributed by atoms with van der Waals surface area (Å²) in [5.74, 6) is 1.61.